The molecule has 1 saturated heterocycles. The number of amides is 1. The van der Waals surface area contributed by atoms with Crippen molar-refractivity contribution in [2.75, 3.05) is 30.3 Å². The lowest BCUT2D eigenvalue weighted by Gasteiger charge is -2.42. The number of hydrogen-bond donors (Lipinski definition) is 1. The number of anilines is 1. The molecule has 8 nitrogen and oxygen atoms in total. The largest absolute Gasteiger partial charge is 0.352 e. The molecule has 35 heavy (non-hydrogen) atoms. The van der Waals surface area contributed by atoms with Crippen molar-refractivity contribution in [3.63, 3.8) is 0 Å². The predicted molar refractivity (Wildman–Crippen MR) is 136 cm³/mol. The quantitative estimate of drug-likeness (QED) is 0.429. The van der Waals surface area contributed by atoms with Crippen LogP contribution in [-0.2, 0) is 16.3 Å². The number of fused-ring (bicyclic) bond motifs is 1. The normalized spacial score (nSPS) is 17.3. The van der Waals surface area contributed by atoms with Gasteiger partial charge in [-0.05, 0) is 61.0 Å². The molecule has 10 heteroatoms. The molecule has 1 aliphatic heterocycles. The van der Waals surface area contributed by atoms with Crippen LogP contribution in [0.4, 0.5) is 5.82 Å². The lowest BCUT2D eigenvalue weighted by Crippen LogP contribution is -2.57. The van der Waals surface area contributed by atoms with Gasteiger partial charge in [-0.1, -0.05) is 6.07 Å². The molecule has 2 aliphatic rings. The highest BCUT2D eigenvalue weighted by atomic mass is 32.2. The number of carbonyl (C=O) groups is 1. The first-order valence-electron chi connectivity index (χ1n) is 11.7. The molecule has 4 heterocycles. The highest BCUT2D eigenvalue weighted by Gasteiger charge is 2.53. The fourth-order valence-electron chi connectivity index (χ4n) is 4.93. The first kappa shape index (κ1) is 22.2. The van der Waals surface area contributed by atoms with E-state index in [2.05, 4.69) is 19.9 Å². The summed E-state index contributed by atoms with van der Waals surface area (Å²) in [5.41, 5.74) is 1.13. The van der Waals surface area contributed by atoms with E-state index in [0.29, 0.717) is 25.1 Å². The van der Waals surface area contributed by atoms with Gasteiger partial charge in [0.2, 0.25) is 0 Å². The number of rotatable bonds is 6. The van der Waals surface area contributed by atoms with Gasteiger partial charge in [-0.25, -0.2) is 18.4 Å². The molecule has 2 fully saturated rings. The van der Waals surface area contributed by atoms with E-state index in [0.717, 1.165) is 41.1 Å². The summed E-state index contributed by atoms with van der Waals surface area (Å²) in [6.45, 7) is 2.00. The molecule has 0 bridgehead atoms. The van der Waals surface area contributed by atoms with Gasteiger partial charge in [0, 0.05) is 36.3 Å². The zero-order chi connectivity index (χ0) is 24.0. The van der Waals surface area contributed by atoms with Crippen molar-refractivity contribution in [2.24, 2.45) is 0 Å². The molecule has 6 rings (SSSR count). The second kappa shape index (κ2) is 8.46. The molecule has 1 saturated carbocycles. The van der Waals surface area contributed by atoms with Gasteiger partial charge >= 0.3 is 0 Å². The number of aromatic amines is 1. The van der Waals surface area contributed by atoms with Crippen LogP contribution in [0.3, 0.4) is 0 Å². The molecule has 180 valence electrons. The summed E-state index contributed by atoms with van der Waals surface area (Å²) >= 11 is 1.56. The Labute approximate surface area is 207 Å². The van der Waals surface area contributed by atoms with Crippen LogP contribution in [0.25, 0.3) is 11.0 Å². The molecule has 0 atom stereocenters. The van der Waals surface area contributed by atoms with Crippen molar-refractivity contribution < 1.29 is 13.2 Å². The van der Waals surface area contributed by atoms with E-state index < -0.39 is 9.84 Å². The second-order valence-electron chi connectivity index (χ2n) is 9.21. The summed E-state index contributed by atoms with van der Waals surface area (Å²) in [5.74, 6) is 0.912. The standard InChI is InChI=1S/C25H25N5O3S2/c31-24(18-3-5-20(6-4-18)35(32,33)15-8-19-2-1-14-34-19)30-13-12-29(16-25(30)9-10-25)23-21-7-11-26-22(21)27-17-28-23/h1-7,11,14,17H,8-10,12-13,15-16H2,(H,26,27,28). The van der Waals surface area contributed by atoms with Crippen LogP contribution in [0.5, 0.6) is 0 Å². The minimum absolute atomic E-state index is 0.0424. The predicted octanol–water partition coefficient (Wildman–Crippen LogP) is 3.53. The number of thiophene rings is 1. The van der Waals surface area contributed by atoms with E-state index in [4.69, 9.17) is 0 Å². The number of hydrogen-bond acceptors (Lipinski definition) is 7. The Balaban J connectivity index is 1.16. The lowest BCUT2D eigenvalue weighted by atomic mass is 10.1. The van der Waals surface area contributed by atoms with Crippen LogP contribution >= 0.6 is 11.3 Å². The topological polar surface area (TPSA) is 99.3 Å². The average Bonchev–Trinajstić information content (AvgIpc) is 3.27. The van der Waals surface area contributed by atoms with Gasteiger partial charge < -0.3 is 14.8 Å². The maximum Gasteiger partial charge on any atom is 0.254 e. The maximum atomic E-state index is 13.4. The molecule has 1 spiro atoms. The van der Waals surface area contributed by atoms with Gasteiger partial charge in [0.1, 0.15) is 17.8 Å². The first-order chi connectivity index (χ1) is 17.0. The van der Waals surface area contributed by atoms with E-state index in [1.165, 1.54) is 0 Å². The molecule has 4 aromatic rings. The molecular weight excluding hydrogens is 482 g/mol. The molecule has 1 aromatic carbocycles. The average molecular weight is 508 g/mol. The van der Waals surface area contributed by atoms with Gasteiger partial charge in [0.15, 0.2) is 9.84 Å². The number of H-pyrrole nitrogens is 1. The first-order valence-corrected chi connectivity index (χ1v) is 14.2. The monoisotopic (exact) mass is 507 g/mol. The lowest BCUT2D eigenvalue weighted by molar-refractivity contribution is 0.0624. The third-order valence-electron chi connectivity index (χ3n) is 7.01. The van der Waals surface area contributed by atoms with E-state index in [1.807, 2.05) is 34.7 Å². The van der Waals surface area contributed by atoms with Crippen LogP contribution in [-0.4, -0.2) is 65.1 Å². The highest BCUT2D eigenvalue weighted by molar-refractivity contribution is 7.91. The van der Waals surface area contributed by atoms with Crippen LogP contribution in [0.15, 0.2) is 65.3 Å². The Bertz CT molecular complexity index is 1480. The van der Waals surface area contributed by atoms with E-state index in [1.54, 1.807) is 41.9 Å². The summed E-state index contributed by atoms with van der Waals surface area (Å²) in [6.07, 6.45) is 5.83. The molecule has 3 aromatic heterocycles. The second-order valence-corrected chi connectivity index (χ2v) is 12.4. The van der Waals surface area contributed by atoms with Crippen molar-refractivity contribution in [1.82, 2.24) is 19.9 Å². The fourth-order valence-corrected chi connectivity index (χ4v) is 7.04. The van der Waals surface area contributed by atoms with Crippen molar-refractivity contribution in [2.45, 2.75) is 29.7 Å². The molecule has 0 unspecified atom stereocenters. The summed E-state index contributed by atoms with van der Waals surface area (Å²) < 4.78 is 25.5. The highest BCUT2D eigenvalue weighted by Crippen LogP contribution is 2.46. The van der Waals surface area contributed by atoms with Crippen LogP contribution in [0, 0.1) is 0 Å². The maximum absolute atomic E-state index is 13.4. The SMILES string of the molecule is O=C(c1ccc(S(=O)(=O)CCc2cccs2)cc1)N1CCN(c2ncnc3[nH]ccc23)CC12CC2. The summed E-state index contributed by atoms with van der Waals surface area (Å²) in [6, 6.07) is 12.3. The van der Waals surface area contributed by atoms with Gasteiger partial charge in [-0.2, -0.15) is 0 Å². The van der Waals surface area contributed by atoms with Crippen LogP contribution < -0.4 is 4.90 Å². The minimum atomic E-state index is -3.40. The third kappa shape index (κ3) is 4.10. The molecule has 0 radical (unpaired) electrons. The smallest absolute Gasteiger partial charge is 0.254 e. The third-order valence-corrected chi connectivity index (χ3v) is 9.68. The number of aromatic nitrogens is 3. The molecule has 1 aliphatic carbocycles. The van der Waals surface area contributed by atoms with E-state index in [9.17, 15) is 13.2 Å². The number of piperazine rings is 1. The van der Waals surface area contributed by atoms with Gasteiger partial charge in [-0.15, -0.1) is 11.3 Å². The summed E-state index contributed by atoms with van der Waals surface area (Å²) in [7, 11) is -3.40. The number of nitrogens with one attached hydrogen (secondary N) is 1. The fraction of sp³-hybridized carbons (Fsp3) is 0.320. The van der Waals surface area contributed by atoms with E-state index >= 15 is 0 Å². The van der Waals surface area contributed by atoms with Crippen molar-refractivity contribution in [3.05, 3.63) is 70.8 Å². The van der Waals surface area contributed by atoms with Gasteiger partial charge in [0.25, 0.3) is 5.91 Å². The Morgan fingerprint density at radius 2 is 1.91 bits per heavy atom. The molecular formula is C25H25N5O3S2. The zero-order valence-corrected chi connectivity index (χ0v) is 20.7. The summed E-state index contributed by atoms with van der Waals surface area (Å²) in [4.78, 5) is 30.9. The number of carbonyl (C=O) groups excluding carboxylic acids is 1. The number of sulfone groups is 1. The van der Waals surface area contributed by atoms with Crippen molar-refractivity contribution >= 4 is 43.9 Å². The number of aryl methyl sites for hydroxylation is 1. The van der Waals surface area contributed by atoms with Crippen molar-refractivity contribution in [3.8, 4) is 0 Å². The van der Waals surface area contributed by atoms with Gasteiger partial charge in [-0.3, -0.25) is 4.79 Å². The van der Waals surface area contributed by atoms with Crippen LogP contribution in [0.1, 0.15) is 28.1 Å². The van der Waals surface area contributed by atoms with Crippen LogP contribution in [0.2, 0.25) is 0 Å². The molecule has 1 N–H and O–H groups in total. The number of nitrogens with zero attached hydrogens (tertiary/aromatic N) is 4. The number of benzene rings is 1. The summed E-state index contributed by atoms with van der Waals surface area (Å²) in [5, 5.41) is 2.93. The Kier molecular flexibility index (Phi) is 5.37. The molecule has 1 amide bonds. The Morgan fingerprint density at radius 1 is 1.09 bits per heavy atom. The van der Waals surface area contributed by atoms with Gasteiger partial charge in [0.05, 0.1) is 21.6 Å². The van der Waals surface area contributed by atoms with E-state index in [-0.39, 0.29) is 22.1 Å². The minimum Gasteiger partial charge on any atom is -0.352 e. The Morgan fingerprint density at radius 3 is 2.66 bits per heavy atom. The Hall–Kier alpha value is -3.24. The zero-order valence-electron chi connectivity index (χ0n) is 19.1. The van der Waals surface area contributed by atoms with Crippen molar-refractivity contribution in [1.29, 1.82) is 0 Å².